The molecule has 0 spiro atoms. The highest BCUT2D eigenvalue weighted by Gasteiger charge is 2.22. The Morgan fingerprint density at radius 3 is 2.76 bits per heavy atom. The van der Waals surface area contributed by atoms with Crippen molar-refractivity contribution in [3.63, 3.8) is 0 Å². The smallest absolute Gasteiger partial charge is 0.226 e. The summed E-state index contributed by atoms with van der Waals surface area (Å²) in [4.78, 5) is 13.8. The van der Waals surface area contributed by atoms with Crippen LogP contribution in [0, 0.1) is 11.3 Å². The number of thiophene rings is 1. The van der Waals surface area contributed by atoms with Crippen LogP contribution in [-0.4, -0.2) is 12.5 Å². The van der Waals surface area contributed by atoms with Gasteiger partial charge in [0.1, 0.15) is 16.8 Å². The molecular weight excluding hydrogens is 382 g/mol. The van der Waals surface area contributed by atoms with Crippen molar-refractivity contribution in [1.82, 2.24) is 5.32 Å². The van der Waals surface area contributed by atoms with Crippen molar-refractivity contribution in [1.29, 1.82) is 5.26 Å². The highest BCUT2D eigenvalue weighted by molar-refractivity contribution is 7.16. The topological polar surface area (TPSA) is 78.1 Å². The third-order valence-electron chi connectivity index (χ3n) is 5.20. The highest BCUT2D eigenvalue weighted by Crippen LogP contribution is 2.37. The molecule has 3 aromatic rings. The standard InChI is InChI=1S/C23H23N3O2S/c24-15-18-17-9-4-5-11-20(17)29-23(18)26-21(27)12-13-25-22(19-10-6-14-28-19)16-7-2-1-3-8-16/h1-3,6-8,10,14,22,25H,4-5,9,11-13H2,(H,26,27)/t22-/m1/s1. The second kappa shape index (κ2) is 9.08. The molecule has 2 N–H and O–H groups in total. The van der Waals surface area contributed by atoms with Crippen molar-refractivity contribution >= 4 is 22.2 Å². The van der Waals surface area contributed by atoms with E-state index in [1.165, 1.54) is 4.88 Å². The largest absolute Gasteiger partial charge is 0.467 e. The van der Waals surface area contributed by atoms with Gasteiger partial charge >= 0.3 is 0 Å². The Balaban J connectivity index is 1.38. The minimum atomic E-state index is -0.109. The van der Waals surface area contributed by atoms with Gasteiger partial charge in [-0.25, -0.2) is 0 Å². The maximum atomic E-state index is 12.5. The molecule has 2 heterocycles. The summed E-state index contributed by atoms with van der Waals surface area (Å²) in [5.74, 6) is 0.730. The zero-order valence-electron chi connectivity index (χ0n) is 16.1. The van der Waals surface area contributed by atoms with Crippen LogP contribution in [0.5, 0.6) is 0 Å². The number of carbonyl (C=O) groups is 1. The molecule has 1 amide bonds. The van der Waals surface area contributed by atoms with Gasteiger partial charge in [0.2, 0.25) is 5.91 Å². The van der Waals surface area contributed by atoms with Crippen LogP contribution < -0.4 is 10.6 Å². The second-order valence-corrected chi connectivity index (χ2v) is 8.24. The van der Waals surface area contributed by atoms with E-state index in [1.54, 1.807) is 17.6 Å². The Labute approximate surface area is 174 Å². The fraction of sp³-hybridized carbons (Fsp3) is 0.304. The number of fused-ring (bicyclic) bond motifs is 1. The normalized spacial score (nSPS) is 14.0. The lowest BCUT2D eigenvalue weighted by Gasteiger charge is -2.17. The van der Waals surface area contributed by atoms with Crippen LogP contribution in [0.4, 0.5) is 5.00 Å². The molecule has 4 rings (SSSR count). The molecule has 1 aliphatic rings. The van der Waals surface area contributed by atoms with Crippen molar-refractivity contribution in [2.75, 3.05) is 11.9 Å². The van der Waals surface area contributed by atoms with E-state index >= 15 is 0 Å². The van der Waals surface area contributed by atoms with Gasteiger partial charge in [-0.3, -0.25) is 4.79 Å². The Morgan fingerprint density at radius 1 is 1.17 bits per heavy atom. The summed E-state index contributed by atoms with van der Waals surface area (Å²) in [7, 11) is 0. The zero-order valence-corrected chi connectivity index (χ0v) is 16.9. The average molecular weight is 406 g/mol. The lowest BCUT2D eigenvalue weighted by molar-refractivity contribution is -0.116. The summed E-state index contributed by atoms with van der Waals surface area (Å²) in [5, 5.41) is 16.6. The molecule has 0 radical (unpaired) electrons. The van der Waals surface area contributed by atoms with E-state index < -0.39 is 0 Å². The van der Waals surface area contributed by atoms with Gasteiger partial charge in [0, 0.05) is 17.8 Å². The number of carbonyl (C=O) groups excluding carboxylic acids is 1. The van der Waals surface area contributed by atoms with Crippen molar-refractivity contribution in [2.24, 2.45) is 0 Å². The first kappa shape index (κ1) is 19.4. The van der Waals surface area contributed by atoms with E-state index in [0.717, 1.165) is 42.6 Å². The Hall–Kier alpha value is -2.88. The van der Waals surface area contributed by atoms with E-state index in [9.17, 15) is 10.1 Å². The summed E-state index contributed by atoms with van der Waals surface area (Å²) < 4.78 is 5.58. The first-order valence-electron chi connectivity index (χ1n) is 9.92. The van der Waals surface area contributed by atoms with E-state index in [4.69, 9.17) is 4.42 Å². The van der Waals surface area contributed by atoms with Gasteiger partial charge in [-0.05, 0) is 48.9 Å². The SMILES string of the molecule is N#Cc1c(NC(=O)CCN[C@H](c2ccccc2)c2ccco2)sc2c1CCCC2. The molecule has 1 aliphatic carbocycles. The number of furan rings is 1. The lowest BCUT2D eigenvalue weighted by atomic mass is 9.96. The van der Waals surface area contributed by atoms with E-state index in [0.29, 0.717) is 23.5 Å². The van der Waals surface area contributed by atoms with Gasteiger partial charge < -0.3 is 15.1 Å². The number of aryl methyl sites for hydroxylation is 1. The van der Waals surface area contributed by atoms with Gasteiger partial charge in [0.15, 0.2) is 0 Å². The van der Waals surface area contributed by atoms with Crippen LogP contribution in [0.2, 0.25) is 0 Å². The summed E-state index contributed by atoms with van der Waals surface area (Å²) in [5.41, 5.74) is 2.88. The summed E-state index contributed by atoms with van der Waals surface area (Å²) in [6.07, 6.45) is 6.19. The summed E-state index contributed by atoms with van der Waals surface area (Å²) >= 11 is 1.56. The predicted octanol–water partition coefficient (Wildman–Crippen LogP) is 4.80. The molecule has 29 heavy (non-hydrogen) atoms. The molecule has 0 aliphatic heterocycles. The van der Waals surface area contributed by atoms with Crippen molar-refractivity contribution in [2.45, 2.75) is 38.1 Å². The first-order chi connectivity index (χ1) is 14.3. The van der Waals surface area contributed by atoms with Crippen molar-refractivity contribution in [3.8, 4) is 6.07 Å². The van der Waals surface area contributed by atoms with Crippen LogP contribution >= 0.6 is 11.3 Å². The molecule has 1 atom stereocenters. The molecule has 0 unspecified atom stereocenters. The summed E-state index contributed by atoms with van der Waals surface area (Å²) in [6.45, 7) is 0.499. The molecule has 6 heteroatoms. The number of nitriles is 1. The van der Waals surface area contributed by atoms with Gasteiger partial charge in [-0.2, -0.15) is 5.26 Å². The van der Waals surface area contributed by atoms with Crippen molar-refractivity contribution < 1.29 is 9.21 Å². The van der Waals surface area contributed by atoms with Crippen LogP contribution in [-0.2, 0) is 17.6 Å². The number of amides is 1. The number of anilines is 1. The van der Waals surface area contributed by atoms with Crippen molar-refractivity contribution in [3.05, 3.63) is 76.1 Å². The number of nitrogens with one attached hydrogen (secondary N) is 2. The van der Waals surface area contributed by atoms with Crippen LogP contribution in [0.15, 0.2) is 53.1 Å². The maximum absolute atomic E-state index is 12.5. The highest BCUT2D eigenvalue weighted by atomic mass is 32.1. The number of hydrogen-bond donors (Lipinski definition) is 2. The second-order valence-electron chi connectivity index (χ2n) is 7.14. The Kier molecular flexibility index (Phi) is 6.09. The minimum Gasteiger partial charge on any atom is -0.467 e. The number of benzene rings is 1. The quantitative estimate of drug-likeness (QED) is 0.592. The molecule has 2 aromatic heterocycles. The molecular formula is C23H23N3O2S. The van der Waals surface area contributed by atoms with Crippen LogP contribution in [0.25, 0.3) is 0 Å². The summed E-state index contributed by atoms with van der Waals surface area (Å²) in [6, 6.07) is 16.0. The minimum absolute atomic E-state index is 0.0844. The molecule has 1 aromatic carbocycles. The van der Waals surface area contributed by atoms with E-state index in [2.05, 4.69) is 16.7 Å². The third kappa shape index (κ3) is 4.42. The third-order valence-corrected chi connectivity index (χ3v) is 6.40. The molecule has 0 saturated heterocycles. The average Bonchev–Trinajstić information content (AvgIpc) is 3.39. The Bertz CT molecular complexity index is 1000. The molecule has 148 valence electrons. The predicted molar refractivity (Wildman–Crippen MR) is 114 cm³/mol. The maximum Gasteiger partial charge on any atom is 0.226 e. The van der Waals surface area contributed by atoms with Crippen LogP contribution in [0.1, 0.15) is 52.6 Å². The van der Waals surface area contributed by atoms with E-state index in [-0.39, 0.29) is 11.9 Å². The van der Waals surface area contributed by atoms with E-state index in [1.807, 2.05) is 42.5 Å². The van der Waals surface area contributed by atoms with Gasteiger partial charge in [0.05, 0.1) is 17.9 Å². The molecule has 0 bridgehead atoms. The molecule has 5 nitrogen and oxygen atoms in total. The number of rotatable bonds is 7. The van der Waals surface area contributed by atoms with Gasteiger partial charge in [-0.1, -0.05) is 30.3 Å². The molecule has 0 saturated carbocycles. The number of hydrogen-bond acceptors (Lipinski definition) is 5. The fourth-order valence-corrected chi connectivity index (χ4v) is 5.03. The first-order valence-corrected chi connectivity index (χ1v) is 10.7. The van der Waals surface area contributed by atoms with Gasteiger partial charge in [-0.15, -0.1) is 11.3 Å². The molecule has 0 fully saturated rings. The fourth-order valence-electron chi connectivity index (χ4n) is 3.78. The number of nitrogens with zero attached hydrogens (tertiary/aromatic N) is 1. The monoisotopic (exact) mass is 405 g/mol. The van der Waals surface area contributed by atoms with Gasteiger partial charge in [0.25, 0.3) is 0 Å². The zero-order chi connectivity index (χ0) is 20.1. The Morgan fingerprint density at radius 2 is 2.00 bits per heavy atom. The lowest BCUT2D eigenvalue weighted by Crippen LogP contribution is -2.26. The van der Waals surface area contributed by atoms with Crippen LogP contribution in [0.3, 0.4) is 0 Å².